The van der Waals surface area contributed by atoms with E-state index in [0.717, 1.165) is 31.1 Å². The third-order valence-corrected chi connectivity index (χ3v) is 3.35. The molecule has 94 valence electrons. The largest absolute Gasteiger partial charge is 0.377 e. The van der Waals surface area contributed by atoms with Crippen LogP contribution in [-0.4, -0.2) is 24.7 Å². The summed E-state index contributed by atoms with van der Waals surface area (Å²) in [6.45, 7) is 3.78. The zero-order valence-electron chi connectivity index (χ0n) is 9.99. The van der Waals surface area contributed by atoms with Gasteiger partial charge in [0.1, 0.15) is 5.15 Å². The molecule has 0 spiro atoms. The van der Waals surface area contributed by atoms with Crippen molar-refractivity contribution in [1.82, 2.24) is 10.3 Å². The fourth-order valence-electron chi connectivity index (χ4n) is 2.10. The molecule has 2 rings (SSSR count). The highest BCUT2D eigenvalue weighted by Gasteiger charge is 2.12. The molecule has 3 nitrogen and oxygen atoms in total. The Kier molecular flexibility index (Phi) is 5.23. The van der Waals surface area contributed by atoms with Crippen molar-refractivity contribution in [2.24, 2.45) is 5.92 Å². The second kappa shape index (κ2) is 6.94. The van der Waals surface area contributed by atoms with Gasteiger partial charge < -0.3 is 10.1 Å². The summed E-state index contributed by atoms with van der Waals surface area (Å²) in [5.74, 6) is 0.784. The molecule has 4 heteroatoms. The van der Waals surface area contributed by atoms with Crippen molar-refractivity contribution in [3.05, 3.63) is 29.0 Å². The second-order valence-corrected chi connectivity index (χ2v) is 4.93. The molecule has 1 aromatic heterocycles. The lowest BCUT2D eigenvalue weighted by Gasteiger charge is -2.22. The summed E-state index contributed by atoms with van der Waals surface area (Å²) in [4.78, 5) is 4.02. The molecule has 0 unspecified atom stereocenters. The fourth-order valence-corrected chi connectivity index (χ4v) is 2.21. The summed E-state index contributed by atoms with van der Waals surface area (Å²) in [6.07, 6.45) is 5.54. The van der Waals surface area contributed by atoms with Gasteiger partial charge in [-0.1, -0.05) is 17.7 Å². The molecular weight excluding hydrogens is 236 g/mol. The fraction of sp³-hybridized carbons (Fsp3) is 0.615. The molecule has 1 aliphatic heterocycles. The normalized spacial score (nSPS) is 20.4. The summed E-state index contributed by atoms with van der Waals surface area (Å²) in [5.41, 5.74) is 1.08. The number of piperidine rings is 1. The average molecular weight is 255 g/mol. The predicted octanol–water partition coefficient (Wildman–Crippen LogP) is 2.64. The van der Waals surface area contributed by atoms with E-state index in [1.54, 1.807) is 12.3 Å². The number of rotatable bonds is 5. The lowest BCUT2D eigenvalue weighted by Crippen LogP contribution is -2.30. The molecule has 0 bridgehead atoms. The number of aromatic nitrogens is 1. The summed E-state index contributed by atoms with van der Waals surface area (Å²) < 4.78 is 5.65. The molecule has 1 aromatic rings. The third-order valence-electron chi connectivity index (χ3n) is 3.13. The maximum Gasteiger partial charge on any atom is 0.129 e. The number of hydrogen-bond acceptors (Lipinski definition) is 3. The Hall–Kier alpha value is -0.640. The minimum Gasteiger partial charge on any atom is -0.377 e. The van der Waals surface area contributed by atoms with Crippen molar-refractivity contribution in [3.8, 4) is 0 Å². The van der Waals surface area contributed by atoms with Gasteiger partial charge in [0.2, 0.25) is 0 Å². The van der Waals surface area contributed by atoms with Crippen LogP contribution in [0.2, 0.25) is 5.15 Å². The van der Waals surface area contributed by atoms with E-state index in [1.165, 1.54) is 19.4 Å². The molecule has 0 radical (unpaired) electrons. The monoisotopic (exact) mass is 254 g/mol. The van der Waals surface area contributed by atoms with Crippen LogP contribution in [-0.2, 0) is 11.3 Å². The standard InChI is InChI=1S/C13H19ClN2O/c14-13-4-3-12(9-16-13)10-17-7-5-11-2-1-6-15-8-11/h3-4,9,11,15H,1-2,5-8,10H2/t11-/m0/s1. The molecular formula is C13H19ClN2O. The molecule has 0 aromatic carbocycles. The van der Waals surface area contributed by atoms with Gasteiger partial charge in [0.25, 0.3) is 0 Å². The van der Waals surface area contributed by atoms with Crippen LogP contribution in [0.15, 0.2) is 18.3 Å². The Morgan fingerprint density at radius 3 is 3.12 bits per heavy atom. The number of hydrogen-bond donors (Lipinski definition) is 1. The van der Waals surface area contributed by atoms with Crippen molar-refractivity contribution < 1.29 is 4.74 Å². The van der Waals surface area contributed by atoms with E-state index in [4.69, 9.17) is 16.3 Å². The zero-order valence-corrected chi connectivity index (χ0v) is 10.7. The topological polar surface area (TPSA) is 34.1 Å². The summed E-state index contributed by atoms with van der Waals surface area (Å²) in [5, 5.41) is 3.95. The van der Waals surface area contributed by atoms with Crippen LogP contribution in [0.25, 0.3) is 0 Å². The number of nitrogens with zero attached hydrogens (tertiary/aromatic N) is 1. The van der Waals surface area contributed by atoms with E-state index in [2.05, 4.69) is 10.3 Å². The van der Waals surface area contributed by atoms with Crippen LogP contribution in [0.1, 0.15) is 24.8 Å². The summed E-state index contributed by atoms with van der Waals surface area (Å²) >= 11 is 5.72. The molecule has 0 amide bonds. The van der Waals surface area contributed by atoms with Crippen LogP contribution >= 0.6 is 11.6 Å². The van der Waals surface area contributed by atoms with Gasteiger partial charge >= 0.3 is 0 Å². The predicted molar refractivity (Wildman–Crippen MR) is 69.1 cm³/mol. The van der Waals surface area contributed by atoms with Gasteiger partial charge in [-0.15, -0.1) is 0 Å². The van der Waals surface area contributed by atoms with Gasteiger partial charge in [0.15, 0.2) is 0 Å². The minimum atomic E-state index is 0.530. The third kappa shape index (κ3) is 4.62. The number of ether oxygens (including phenoxy) is 1. The highest BCUT2D eigenvalue weighted by Crippen LogP contribution is 2.14. The maximum absolute atomic E-state index is 5.72. The highest BCUT2D eigenvalue weighted by molar-refractivity contribution is 6.29. The van der Waals surface area contributed by atoms with Gasteiger partial charge in [0, 0.05) is 12.8 Å². The quantitative estimate of drug-likeness (QED) is 0.648. The summed E-state index contributed by atoms with van der Waals surface area (Å²) in [7, 11) is 0. The first-order chi connectivity index (χ1) is 8.34. The van der Waals surface area contributed by atoms with Crippen LogP contribution in [0, 0.1) is 5.92 Å². The molecule has 1 N–H and O–H groups in total. The number of nitrogens with one attached hydrogen (secondary N) is 1. The Bertz CT molecular complexity index is 323. The molecule has 17 heavy (non-hydrogen) atoms. The Balaban J connectivity index is 1.60. The van der Waals surface area contributed by atoms with Gasteiger partial charge in [-0.2, -0.15) is 0 Å². The van der Waals surface area contributed by atoms with Crippen LogP contribution < -0.4 is 5.32 Å². The minimum absolute atomic E-state index is 0.530. The van der Waals surface area contributed by atoms with Gasteiger partial charge in [-0.25, -0.2) is 4.98 Å². The lowest BCUT2D eigenvalue weighted by molar-refractivity contribution is 0.103. The van der Waals surface area contributed by atoms with Crippen molar-refractivity contribution in [1.29, 1.82) is 0 Å². The first-order valence-electron chi connectivity index (χ1n) is 6.23. The highest BCUT2D eigenvalue weighted by atomic mass is 35.5. The Morgan fingerprint density at radius 1 is 1.47 bits per heavy atom. The van der Waals surface area contributed by atoms with Crippen molar-refractivity contribution in [3.63, 3.8) is 0 Å². The van der Waals surface area contributed by atoms with Crippen molar-refractivity contribution >= 4 is 11.6 Å². The SMILES string of the molecule is Clc1ccc(COCC[C@@H]2CCCNC2)cn1. The van der Waals surface area contributed by atoms with E-state index in [9.17, 15) is 0 Å². The van der Waals surface area contributed by atoms with Gasteiger partial charge in [0.05, 0.1) is 6.61 Å². The number of pyridine rings is 1. The van der Waals surface area contributed by atoms with Crippen LogP contribution in [0.3, 0.4) is 0 Å². The first kappa shape index (κ1) is 12.8. The van der Waals surface area contributed by atoms with E-state index in [1.807, 2.05) is 6.07 Å². The van der Waals surface area contributed by atoms with Crippen LogP contribution in [0.4, 0.5) is 0 Å². The molecule has 1 atom stereocenters. The van der Waals surface area contributed by atoms with Gasteiger partial charge in [-0.3, -0.25) is 0 Å². The van der Waals surface area contributed by atoms with Gasteiger partial charge in [-0.05, 0) is 49.9 Å². The van der Waals surface area contributed by atoms with E-state index in [0.29, 0.717) is 11.8 Å². The van der Waals surface area contributed by atoms with Crippen LogP contribution in [0.5, 0.6) is 0 Å². The number of halogens is 1. The van der Waals surface area contributed by atoms with E-state index < -0.39 is 0 Å². The molecule has 0 aliphatic carbocycles. The van der Waals surface area contributed by atoms with E-state index in [-0.39, 0.29) is 0 Å². The Morgan fingerprint density at radius 2 is 2.41 bits per heavy atom. The Labute approximate surface area is 108 Å². The summed E-state index contributed by atoms with van der Waals surface area (Å²) in [6, 6.07) is 3.75. The second-order valence-electron chi connectivity index (χ2n) is 4.54. The average Bonchev–Trinajstić information content (AvgIpc) is 2.38. The molecule has 0 saturated carbocycles. The maximum atomic E-state index is 5.72. The zero-order chi connectivity index (χ0) is 11.9. The van der Waals surface area contributed by atoms with Crippen molar-refractivity contribution in [2.75, 3.05) is 19.7 Å². The van der Waals surface area contributed by atoms with Crippen molar-refractivity contribution in [2.45, 2.75) is 25.9 Å². The molecule has 1 saturated heterocycles. The molecule has 1 fully saturated rings. The smallest absolute Gasteiger partial charge is 0.129 e. The molecule has 2 heterocycles. The molecule has 1 aliphatic rings. The van der Waals surface area contributed by atoms with E-state index >= 15 is 0 Å². The first-order valence-corrected chi connectivity index (χ1v) is 6.61. The lowest BCUT2D eigenvalue weighted by atomic mass is 9.97.